The second-order valence-corrected chi connectivity index (χ2v) is 5.95. The van der Waals surface area contributed by atoms with Crippen molar-refractivity contribution < 1.29 is 0 Å². The van der Waals surface area contributed by atoms with E-state index >= 15 is 0 Å². The summed E-state index contributed by atoms with van der Waals surface area (Å²) in [7, 11) is 0. The fourth-order valence-corrected chi connectivity index (χ4v) is 2.85. The van der Waals surface area contributed by atoms with Gasteiger partial charge in [0.15, 0.2) is 0 Å². The molecule has 0 amide bonds. The molecule has 2 heterocycles. The molecule has 5 aromatic rings. The van der Waals surface area contributed by atoms with Crippen molar-refractivity contribution in [1.82, 2.24) is 9.97 Å². The summed E-state index contributed by atoms with van der Waals surface area (Å²) in [6.45, 7) is 0. The van der Waals surface area contributed by atoms with Gasteiger partial charge in [-0.1, -0.05) is 78.9 Å². The van der Waals surface area contributed by atoms with E-state index < -0.39 is 0 Å². The summed E-state index contributed by atoms with van der Waals surface area (Å²) in [5, 5.41) is 2.38. The van der Waals surface area contributed by atoms with Crippen LogP contribution in [0.25, 0.3) is 33.1 Å². The monoisotopic (exact) mass is 334 g/mol. The van der Waals surface area contributed by atoms with Crippen LogP contribution in [0.15, 0.2) is 109 Å². The van der Waals surface area contributed by atoms with Crippen LogP contribution in [-0.4, -0.2) is 9.97 Å². The van der Waals surface area contributed by atoms with Crippen molar-refractivity contribution in [2.24, 2.45) is 0 Å². The maximum atomic E-state index is 4.65. The van der Waals surface area contributed by atoms with Gasteiger partial charge in [-0.05, 0) is 24.3 Å². The molecule has 0 saturated heterocycles. The maximum absolute atomic E-state index is 4.65. The molecule has 0 spiro atoms. The van der Waals surface area contributed by atoms with Gasteiger partial charge in [0.25, 0.3) is 0 Å². The van der Waals surface area contributed by atoms with Gasteiger partial charge >= 0.3 is 0 Å². The van der Waals surface area contributed by atoms with Gasteiger partial charge in [-0.25, -0.2) is 4.98 Å². The minimum atomic E-state index is 1.03. The molecule has 2 nitrogen and oxygen atoms in total. The molecule has 5 rings (SSSR count). The molecule has 0 N–H and O–H groups in total. The number of hydrogen-bond acceptors (Lipinski definition) is 2. The Morgan fingerprint density at radius 1 is 0.462 bits per heavy atom. The molecule has 0 aliphatic carbocycles. The molecule has 0 bridgehead atoms. The van der Waals surface area contributed by atoms with Crippen LogP contribution in [0, 0.1) is 0 Å². The molecule has 124 valence electrons. The van der Waals surface area contributed by atoms with E-state index in [1.807, 2.05) is 66.9 Å². The van der Waals surface area contributed by atoms with E-state index in [1.165, 1.54) is 10.8 Å². The van der Waals surface area contributed by atoms with Gasteiger partial charge in [-0.3, -0.25) is 4.98 Å². The molecule has 2 heteroatoms. The van der Waals surface area contributed by atoms with Crippen molar-refractivity contribution in [3.05, 3.63) is 109 Å². The van der Waals surface area contributed by atoms with Crippen LogP contribution in [0.1, 0.15) is 0 Å². The van der Waals surface area contributed by atoms with Crippen LogP contribution in [0.5, 0.6) is 0 Å². The van der Waals surface area contributed by atoms with Gasteiger partial charge in [0.2, 0.25) is 0 Å². The van der Waals surface area contributed by atoms with Crippen molar-refractivity contribution in [1.29, 1.82) is 0 Å². The van der Waals surface area contributed by atoms with Crippen LogP contribution >= 0.6 is 0 Å². The van der Waals surface area contributed by atoms with Gasteiger partial charge in [0, 0.05) is 22.5 Å². The summed E-state index contributed by atoms with van der Waals surface area (Å²) in [5.74, 6) is 0. The zero-order valence-corrected chi connectivity index (χ0v) is 14.3. The van der Waals surface area contributed by atoms with Gasteiger partial charge in [0.1, 0.15) is 0 Å². The Kier molecular flexibility index (Phi) is 4.66. The van der Waals surface area contributed by atoms with Gasteiger partial charge in [0.05, 0.1) is 16.7 Å². The maximum Gasteiger partial charge on any atom is 0.0709 e. The molecular formula is C24H18N2. The first kappa shape index (κ1) is 16.0. The van der Waals surface area contributed by atoms with Crippen molar-refractivity contribution >= 4 is 21.8 Å². The second-order valence-electron chi connectivity index (χ2n) is 5.95. The third-order valence-corrected chi connectivity index (χ3v) is 4.18. The number of rotatable bonds is 1. The quantitative estimate of drug-likeness (QED) is 0.368. The molecule has 2 aromatic heterocycles. The highest BCUT2D eigenvalue weighted by atomic mass is 14.7. The molecule has 0 unspecified atom stereocenters. The van der Waals surface area contributed by atoms with Crippen LogP contribution < -0.4 is 0 Å². The summed E-state index contributed by atoms with van der Waals surface area (Å²) >= 11 is 0. The van der Waals surface area contributed by atoms with Crippen LogP contribution in [0.4, 0.5) is 0 Å². The Hall–Kier alpha value is -3.52. The van der Waals surface area contributed by atoms with Crippen LogP contribution in [-0.2, 0) is 0 Å². The van der Waals surface area contributed by atoms with Gasteiger partial charge in [-0.2, -0.15) is 0 Å². The zero-order valence-electron chi connectivity index (χ0n) is 14.3. The second kappa shape index (κ2) is 7.58. The first-order valence-electron chi connectivity index (χ1n) is 8.61. The Morgan fingerprint density at radius 3 is 1.85 bits per heavy atom. The fraction of sp³-hybridized carbons (Fsp3) is 0. The third-order valence-electron chi connectivity index (χ3n) is 4.18. The smallest absolute Gasteiger partial charge is 0.0709 e. The summed E-state index contributed by atoms with van der Waals surface area (Å²) in [5.41, 5.74) is 4.29. The average molecular weight is 334 g/mol. The Bertz CT molecular complexity index is 1070. The predicted molar refractivity (Wildman–Crippen MR) is 109 cm³/mol. The van der Waals surface area contributed by atoms with E-state index in [4.69, 9.17) is 0 Å². The zero-order chi connectivity index (χ0) is 17.6. The van der Waals surface area contributed by atoms with Crippen molar-refractivity contribution in [3.63, 3.8) is 0 Å². The molecule has 0 radical (unpaired) electrons. The predicted octanol–water partition coefficient (Wildman–Crippen LogP) is 6.14. The third kappa shape index (κ3) is 3.60. The summed E-state index contributed by atoms with van der Waals surface area (Å²) in [6.07, 6.45) is 1.81. The summed E-state index contributed by atoms with van der Waals surface area (Å²) < 4.78 is 0. The van der Waals surface area contributed by atoms with Crippen molar-refractivity contribution in [2.45, 2.75) is 0 Å². The molecule has 26 heavy (non-hydrogen) atoms. The molecule has 0 atom stereocenters. The fourth-order valence-electron chi connectivity index (χ4n) is 2.85. The van der Waals surface area contributed by atoms with E-state index in [2.05, 4.69) is 52.4 Å². The highest BCUT2D eigenvalue weighted by Gasteiger charge is 1.99. The molecule has 0 saturated carbocycles. The lowest BCUT2D eigenvalue weighted by molar-refractivity contribution is 1.40. The van der Waals surface area contributed by atoms with Crippen LogP contribution in [0.2, 0.25) is 0 Å². The van der Waals surface area contributed by atoms with E-state index in [-0.39, 0.29) is 0 Å². The lowest BCUT2D eigenvalue weighted by atomic mass is 10.1. The molecule has 0 aliphatic rings. The van der Waals surface area contributed by atoms with Gasteiger partial charge < -0.3 is 0 Å². The van der Waals surface area contributed by atoms with E-state index in [0.717, 1.165) is 22.3 Å². The number of para-hydroxylation sites is 2. The highest BCUT2D eigenvalue weighted by molar-refractivity contribution is 5.81. The number of nitrogens with zero attached hydrogens (tertiary/aromatic N) is 2. The largest absolute Gasteiger partial charge is 0.256 e. The average Bonchev–Trinajstić information content (AvgIpc) is 2.74. The van der Waals surface area contributed by atoms with E-state index in [0.29, 0.717) is 0 Å². The normalized spacial score (nSPS) is 10.3. The number of aromatic nitrogens is 2. The van der Waals surface area contributed by atoms with E-state index in [1.54, 1.807) is 0 Å². The Balaban J connectivity index is 0.000000144. The summed E-state index contributed by atoms with van der Waals surface area (Å²) in [4.78, 5) is 8.83. The molecule has 3 aromatic carbocycles. The lowest BCUT2D eigenvalue weighted by Crippen LogP contribution is -1.84. The number of pyridine rings is 2. The Morgan fingerprint density at radius 2 is 1.08 bits per heavy atom. The topological polar surface area (TPSA) is 25.8 Å². The minimum Gasteiger partial charge on any atom is -0.256 e. The first-order valence-corrected chi connectivity index (χ1v) is 8.61. The minimum absolute atomic E-state index is 1.03. The Labute approximate surface area is 152 Å². The summed E-state index contributed by atoms with van der Waals surface area (Å²) in [6, 6.07) is 34.7. The number of benzene rings is 3. The van der Waals surface area contributed by atoms with Gasteiger partial charge in [-0.15, -0.1) is 0 Å². The van der Waals surface area contributed by atoms with Crippen molar-refractivity contribution in [2.75, 3.05) is 0 Å². The molecule has 0 fully saturated rings. The van der Waals surface area contributed by atoms with Crippen molar-refractivity contribution in [3.8, 4) is 11.3 Å². The highest BCUT2D eigenvalue weighted by Crippen LogP contribution is 2.20. The number of hydrogen-bond donors (Lipinski definition) is 0. The number of fused-ring (bicyclic) bond motifs is 2. The SMILES string of the molecule is c1ccc(-c2ccc3ccccc3n2)cc1.c1ccc2ncccc2c1. The molecule has 0 aliphatic heterocycles. The first-order chi connectivity index (χ1) is 12.9. The van der Waals surface area contributed by atoms with Crippen LogP contribution in [0.3, 0.4) is 0 Å². The molecular weight excluding hydrogens is 316 g/mol. The standard InChI is InChI=1S/C15H11N.C9H7N/c1-2-6-12(7-3-1)15-11-10-13-8-4-5-9-14(13)16-15;1-2-6-9-8(4-1)5-3-7-10-9/h1-11H;1-7H. The van der Waals surface area contributed by atoms with E-state index in [9.17, 15) is 0 Å². The lowest BCUT2D eigenvalue weighted by Gasteiger charge is -2.02.